The third-order valence-electron chi connectivity index (χ3n) is 2.26. The Hall–Kier alpha value is -2.83. The number of carbonyl (C=O) groups excluding carboxylic acids is 1. The van der Waals surface area contributed by atoms with Gasteiger partial charge in [-0.25, -0.2) is 9.59 Å². The summed E-state index contributed by atoms with van der Waals surface area (Å²) >= 11 is 0. The topological polar surface area (TPSA) is 121 Å². The minimum absolute atomic E-state index is 0.0179. The Morgan fingerprint density at radius 2 is 1.94 bits per heavy atom. The molecule has 5 N–H and O–H groups in total. The molecule has 0 aliphatic rings. The zero-order valence-corrected chi connectivity index (χ0v) is 9.18. The van der Waals surface area contributed by atoms with Gasteiger partial charge in [-0.15, -0.1) is 0 Å². The number of carboxylic acids is 1. The summed E-state index contributed by atoms with van der Waals surface area (Å²) in [4.78, 5) is 21.3. The highest BCUT2D eigenvalue weighted by Crippen LogP contribution is 2.20. The summed E-state index contributed by atoms with van der Waals surface area (Å²) in [5.74, 6) is -1.07. The summed E-state index contributed by atoms with van der Waals surface area (Å²) in [6, 6.07) is 7.49. The number of hydrogen-bond donors (Lipinski definition) is 4. The van der Waals surface area contributed by atoms with Crippen molar-refractivity contribution in [2.45, 2.75) is 0 Å². The summed E-state index contributed by atoms with van der Waals surface area (Å²) < 4.78 is 0. The van der Waals surface area contributed by atoms with E-state index >= 15 is 0 Å². The van der Waals surface area contributed by atoms with E-state index in [0.29, 0.717) is 11.4 Å². The lowest BCUT2D eigenvalue weighted by Crippen LogP contribution is -2.19. The van der Waals surface area contributed by atoms with Crippen LogP contribution in [0.3, 0.4) is 0 Å². The highest BCUT2D eigenvalue weighted by molar-refractivity contribution is 5.88. The molecule has 0 unspecified atom stereocenters. The van der Waals surface area contributed by atoms with Crippen LogP contribution in [0.25, 0.3) is 11.3 Å². The van der Waals surface area contributed by atoms with Gasteiger partial charge in [-0.05, 0) is 18.2 Å². The van der Waals surface area contributed by atoms with Crippen LogP contribution in [-0.2, 0) is 0 Å². The Bertz CT molecular complexity index is 589. The van der Waals surface area contributed by atoms with Gasteiger partial charge < -0.3 is 16.2 Å². The molecule has 0 saturated carbocycles. The zero-order chi connectivity index (χ0) is 13.1. The van der Waals surface area contributed by atoms with Gasteiger partial charge in [-0.2, -0.15) is 5.10 Å². The van der Waals surface area contributed by atoms with E-state index in [2.05, 4.69) is 15.5 Å². The second kappa shape index (κ2) is 4.58. The largest absolute Gasteiger partial charge is 0.477 e. The van der Waals surface area contributed by atoms with Crippen LogP contribution in [0, 0.1) is 0 Å². The van der Waals surface area contributed by atoms with Crippen molar-refractivity contribution in [3.8, 4) is 11.3 Å². The molecule has 0 saturated heterocycles. The fourth-order valence-corrected chi connectivity index (χ4v) is 1.45. The number of amides is 2. The lowest BCUT2D eigenvalue weighted by Gasteiger charge is -2.02. The smallest absolute Gasteiger partial charge is 0.353 e. The van der Waals surface area contributed by atoms with Gasteiger partial charge >= 0.3 is 12.0 Å². The van der Waals surface area contributed by atoms with Crippen LogP contribution < -0.4 is 11.1 Å². The first-order chi connectivity index (χ1) is 8.56. The van der Waals surface area contributed by atoms with Crippen molar-refractivity contribution >= 4 is 17.7 Å². The van der Waals surface area contributed by atoms with Crippen LogP contribution in [-0.4, -0.2) is 27.3 Å². The number of aromatic carboxylic acids is 1. The third-order valence-corrected chi connectivity index (χ3v) is 2.26. The SMILES string of the molecule is NC(=O)Nc1ccc(-c2cc(C(=O)O)[nH]n2)cc1. The van der Waals surface area contributed by atoms with Gasteiger partial charge in [0.1, 0.15) is 5.69 Å². The predicted molar refractivity (Wildman–Crippen MR) is 64.2 cm³/mol. The standard InChI is InChI=1S/C11H10N4O3/c12-11(18)13-7-3-1-6(2-4-7)8-5-9(10(16)17)15-14-8/h1-5H,(H,14,15)(H,16,17)(H3,12,13,18). The Labute approximate surface area is 102 Å². The molecule has 7 heteroatoms. The van der Waals surface area contributed by atoms with E-state index in [1.807, 2.05) is 0 Å². The number of aromatic amines is 1. The number of nitrogens with two attached hydrogens (primary N) is 1. The van der Waals surface area contributed by atoms with Crippen LogP contribution in [0.15, 0.2) is 30.3 Å². The van der Waals surface area contributed by atoms with E-state index in [0.717, 1.165) is 5.56 Å². The maximum Gasteiger partial charge on any atom is 0.353 e. The monoisotopic (exact) mass is 246 g/mol. The van der Waals surface area contributed by atoms with Crippen LogP contribution in [0.2, 0.25) is 0 Å². The number of nitrogens with one attached hydrogen (secondary N) is 2. The molecule has 0 fully saturated rings. The van der Waals surface area contributed by atoms with E-state index in [-0.39, 0.29) is 5.69 Å². The predicted octanol–water partition coefficient (Wildman–Crippen LogP) is 1.27. The van der Waals surface area contributed by atoms with E-state index in [4.69, 9.17) is 10.8 Å². The van der Waals surface area contributed by atoms with Crippen LogP contribution in [0.4, 0.5) is 10.5 Å². The molecule has 1 aromatic carbocycles. The Morgan fingerprint density at radius 1 is 1.28 bits per heavy atom. The molecule has 0 aliphatic carbocycles. The maximum atomic E-state index is 10.7. The highest BCUT2D eigenvalue weighted by Gasteiger charge is 2.09. The number of urea groups is 1. The minimum Gasteiger partial charge on any atom is -0.477 e. The van der Waals surface area contributed by atoms with Crippen molar-refractivity contribution in [3.63, 3.8) is 0 Å². The number of anilines is 1. The van der Waals surface area contributed by atoms with Crippen LogP contribution in [0.1, 0.15) is 10.5 Å². The molecule has 2 aromatic rings. The summed E-state index contributed by atoms with van der Waals surface area (Å²) in [7, 11) is 0. The number of hydrogen-bond acceptors (Lipinski definition) is 3. The van der Waals surface area contributed by atoms with Gasteiger partial charge in [0.15, 0.2) is 0 Å². The minimum atomic E-state index is -1.07. The van der Waals surface area contributed by atoms with E-state index < -0.39 is 12.0 Å². The molecule has 7 nitrogen and oxygen atoms in total. The Kier molecular flexibility index (Phi) is 2.96. The van der Waals surface area contributed by atoms with E-state index in [1.165, 1.54) is 6.07 Å². The van der Waals surface area contributed by atoms with Gasteiger partial charge in [0.25, 0.3) is 0 Å². The first kappa shape index (κ1) is 11.6. The number of carboxylic acid groups (broad SMARTS) is 1. The third kappa shape index (κ3) is 2.46. The average Bonchev–Trinajstić information content (AvgIpc) is 2.78. The quantitative estimate of drug-likeness (QED) is 0.651. The summed E-state index contributed by atoms with van der Waals surface area (Å²) in [6.45, 7) is 0. The molecule has 2 amide bonds. The molecule has 0 bridgehead atoms. The maximum absolute atomic E-state index is 10.7. The number of primary amides is 1. The molecule has 92 valence electrons. The number of aromatic nitrogens is 2. The molecule has 0 aliphatic heterocycles. The highest BCUT2D eigenvalue weighted by atomic mass is 16.4. The molecular weight excluding hydrogens is 236 g/mol. The van der Waals surface area contributed by atoms with Crippen LogP contribution >= 0.6 is 0 Å². The van der Waals surface area contributed by atoms with Crippen molar-refractivity contribution in [1.82, 2.24) is 10.2 Å². The van der Waals surface area contributed by atoms with E-state index in [1.54, 1.807) is 24.3 Å². The fraction of sp³-hybridized carbons (Fsp3) is 0. The number of rotatable bonds is 3. The molecule has 0 atom stereocenters. The summed E-state index contributed by atoms with van der Waals surface area (Å²) in [5, 5.41) is 17.5. The normalized spacial score (nSPS) is 10.0. The first-order valence-corrected chi connectivity index (χ1v) is 5.02. The van der Waals surface area contributed by atoms with Crippen molar-refractivity contribution < 1.29 is 14.7 Å². The number of carbonyl (C=O) groups is 2. The number of benzene rings is 1. The van der Waals surface area contributed by atoms with Gasteiger partial charge in [-0.3, -0.25) is 5.10 Å². The fourth-order valence-electron chi connectivity index (χ4n) is 1.45. The molecule has 18 heavy (non-hydrogen) atoms. The zero-order valence-electron chi connectivity index (χ0n) is 9.18. The molecular formula is C11H10N4O3. The number of H-pyrrole nitrogens is 1. The van der Waals surface area contributed by atoms with Gasteiger partial charge in [0.2, 0.25) is 0 Å². The van der Waals surface area contributed by atoms with Crippen molar-refractivity contribution in [1.29, 1.82) is 0 Å². The van der Waals surface area contributed by atoms with Crippen molar-refractivity contribution in [2.24, 2.45) is 5.73 Å². The summed E-state index contributed by atoms with van der Waals surface area (Å²) in [6.07, 6.45) is 0. The molecule has 1 aromatic heterocycles. The summed E-state index contributed by atoms with van der Waals surface area (Å²) in [5.41, 5.74) is 6.79. The van der Waals surface area contributed by atoms with Gasteiger partial charge in [0, 0.05) is 11.3 Å². The molecule has 0 radical (unpaired) electrons. The lowest BCUT2D eigenvalue weighted by molar-refractivity contribution is 0.0690. The van der Waals surface area contributed by atoms with Crippen molar-refractivity contribution in [3.05, 3.63) is 36.0 Å². The number of nitrogens with zero attached hydrogens (tertiary/aromatic N) is 1. The first-order valence-electron chi connectivity index (χ1n) is 5.02. The average molecular weight is 246 g/mol. The van der Waals surface area contributed by atoms with Crippen LogP contribution in [0.5, 0.6) is 0 Å². The molecule has 2 rings (SSSR count). The Morgan fingerprint density at radius 3 is 2.44 bits per heavy atom. The van der Waals surface area contributed by atoms with E-state index in [9.17, 15) is 9.59 Å². The second-order valence-electron chi connectivity index (χ2n) is 3.54. The Balaban J connectivity index is 2.22. The van der Waals surface area contributed by atoms with Gasteiger partial charge in [-0.1, -0.05) is 12.1 Å². The molecule has 1 heterocycles. The molecule has 0 spiro atoms. The second-order valence-corrected chi connectivity index (χ2v) is 3.54. The van der Waals surface area contributed by atoms with Crippen molar-refractivity contribution in [2.75, 3.05) is 5.32 Å². The van der Waals surface area contributed by atoms with Gasteiger partial charge in [0.05, 0.1) is 5.69 Å². The lowest BCUT2D eigenvalue weighted by atomic mass is 10.1.